The molecule has 2 rings (SSSR count). The Morgan fingerprint density at radius 3 is 2.45 bits per heavy atom. The van der Waals surface area contributed by atoms with Crippen LogP contribution in [0.3, 0.4) is 0 Å². The number of para-hydroxylation sites is 1. The molecule has 0 unspecified atom stereocenters. The van der Waals surface area contributed by atoms with Gasteiger partial charge in [-0.1, -0.05) is 32.9 Å². The predicted molar refractivity (Wildman–Crippen MR) is 85.6 cm³/mol. The van der Waals surface area contributed by atoms with Crippen molar-refractivity contribution in [2.24, 2.45) is 5.41 Å². The summed E-state index contributed by atoms with van der Waals surface area (Å²) < 4.78 is 22.3. The average Bonchev–Trinajstić information content (AvgIpc) is 2.96. The lowest BCUT2D eigenvalue weighted by Crippen LogP contribution is -2.14. The molecule has 1 aromatic carbocycles. The van der Waals surface area contributed by atoms with Crippen LogP contribution in [0.1, 0.15) is 44.6 Å². The van der Waals surface area contributed by atoms with Gasteiger partial charge in [0.25, 0.3) is 6.29 Å². The van der Waals surface area contributed by atoms with Crippen LogP contribution in [0.25, 0.3) is 0 Å². The standard InChI is InChI=1S/C18H26O4/c1-14-6-5-7-15(17-21-12-13-22-17)16(14)20-11-10-19-9-8-18(2,3)4/h5-7,12-13,17H,8-11H2,1-4H3. The van der Waals surface area contributed by atoms with Gasteiger partial charge in [-0.15, -0.1) is 0 Å². The highest BCUT2D eigenvalue weighted by Crippen LogP contribution is 2.33. The molecule has 0 saturated carbocycles. The molecule has 0 spiro atoms. The van der Waals surface area contributed by atoms with E-state index in [4.69, 9.17) is 18.9 Å². The Morgan fingerprint density at radius 1 is 1.05 bits per heavy atom. The van der Waals surface area contributed by atoms with Crippen LogP contribution >= 0.6 is 0 Å². The molecule has 0 atom stereocenters. The maximum Gasteiger partial charge on any atom is 0.269 e. The number of aryl methyl sites for hydroxylation is 1. The molecule has 1 aliphatic heterocycles. The second-order valence-corrected chi connectivity index (χ2v) is 6.64. The quantitative estimate of drug-likeness (QED) is 0.702. The number of hydrogen-bond acceptors (Lipinski definition) is 4. The summed E-state index contributed by atoms with van der Waals surface area (Å²) >= 11 is 0. The van der Waals surface area contributed by atoms with Gasteiger partial charge in [0.2, 0.25) is 0 Å². The zero-order chi connectivity index (χ0) is 16.0. The van der Waals surface area contributed by atoms with Gasteiger partial charge in [-0.3, -0.25) is 0 Å². The van der Waals surface area contributed by atoms with Crippen molar-refractivity contribution in [1.29, 1.82) is 0 Å². The Morgan fingerprint density at radius 2 is 1.77 bits per heavy atom. The third-order valence-electron chi connectivity index (χ3n) is 3.43. The predicted octanol–water partition coefficient (Wildman–Crippen LogP) is 4.34. The topological polar surface area (TPSA) is 36.9 Å². The Bertz CT molecular complexity index is 494. The molecule has 0 fully saturated rings. The number of benzene rings is 1. The van der Waals surface area contributed by atoms with Crippen LogP contribution < -0.4 is 4.74 Å². The van der Waals surface area contributed by atoms with E-state index in [0.717, 1.165) is 29.9 Å². The minimum absolute atomic E-state index is 0.300. The number of hydrogen-bond donors (Lipinski definition) is 0. The molecule has 0 bridgehead atoms. The van der Waals surface area contributed by atoms with Crippen molar-refractivity contribution in [3.05, 3.63) is 41.9 Å². The Labute approximate surface area is 133 Å². The van der Waals surface area contributed by atoms with E-state index in [0.29, 0.717) is 18.6 Å². The molecule has 4 heteroatoms. The SMILES string of the molecule is Cc1cccc(C2OC=CO2)c1OCCOCCC(C)(C)C. The van der Waals surface area contributed by atoms with Gasteiger partial charge < -0.3 is 18.9 Å². The lowest BCUT2D eigenvalue weighted by Gasteiger charge is -2.19. The van der Waals surface area contributed by atoms with Crippen molar-refractivity contribution >= 4 is 0 Å². The number of rotatable bonds is 7. The second kappa shape index (κ2) is 7.54. The molecule has 122 valence electrons. The molecule has 0 amide bonds. The average molecular weight is 306 g/mol. The van der Waals surface area contributed by atoms with Gasteiger partial charge in [0, 0.05) is 6.61 Å². The Kier molecular flexibility index (Phi) is 5.72. The van der Waals surface area contributed by atoms with Crippen molar-refractivity contribution in [2.45, 2.75) is 40.4 Å². The molecule has 4 nitrogen and oxygen atoms in total. The highest BCUT2D eigenvalue weighted by Gasteiger charge is 2.21. The van der Waals surface area contributed by atoms with Gasteiger partial charge in [0.15, 0.2) is 0 Å². The summed E-state index contributed by atoms with van der Waals surface area (Å²) in [5.74, 6) is 0.815. The van der Waals surface area contributed by atoms with Crippen LogP contribution in [-0.2, 0) is 14.2 Å². The van der Waals surface area contributed by atoms with E-state index < -0.39 is 6.29 Å². The fourth-order valence-corrected chi connectivity index (χ4v) is 2.13. The first-order valence-corrected chi connectivity index (χ1v) is 7.73. The molecular formula is C18H26O4. The summed E-state index contributed by atoms with van der Waals surface area (Å²) in [4.78, 5) is 0. The van der Waals surface area contributed by atoms with Gasteiger partial charge in [0.05, 0.1) is 12.2 Å². The summed E-state index contributed by atoms with van der Waals surface area (Å²) in [6, 6.07) is 5.95. The smallest absolute Gasteiger partial charge is 0.269 e. The summed E-state index contributed by atoms with van der Waals surface area (Å²) in [6.07, 6.45) is 3.72. The molecule has 0 N–H and O–H groups in total. The minimum atomic E-state index is -0.420. The maximum atomic E-state index is 5.90. The van der Waals surface area contributed by atoms with E-state index in [-0.39, 0.29) is 0 Å². The lowest BCUT2D eigenvalue weighted by atomic mass is 9.93. The van der Waals surface area contributed by atoms with Crippen molar-refractivity contribution in [2.75, 3.05) is 19.8 Å². The van der Waals surface area contributed by atoms with E-state index in [1.165, 1.54) is 0 Å². The van der Waals surface area contributed by atoms with Gasteiger partial charge in [-0.25, -0.2) is 0 Å². The van der Waals surface area contributed by atoms with Crippen molar-refractivity contribution in [3.63, 3.8) is 0 Å². The van der Waals surface area contributed by atoms with Crippen molar-refractivity contribution < 1.29 is 18.9 Å². The third-order valence-corrected chi connectivity index (χ3v) is 3.43. The number of ether oxygens (including phenoxy) is 4. The zero-order valence-corrected chi connectivity index (χ0v) is 13.9. The Balaban J connectivity index is 1.82. The molecule has 0 aliphatic carbocycles. The Hall–Kier alpha value is -1.68. The van der Waals surface area contributed by atoms with Crippen LogP contribution in [0.5, 0.6) is 5.75 Å². The second-order valence-electron chi connectivity index (χ2n) is 6.64. The summed E-state index contributed by atoms with van der Waals surface area (Å²) in [6.45, 7) is 10.5. The highest BCUT2D eigenvalue weighted by atomic mass is 16.7. The molecule has 1 heterocycles. The fraction of sp³-hybridized carbons (Fsp3) is 0.556. The van der Waals surface area contributed by atoms with Crippen LogP contribution in [0, 0.1) is 12.3 Å². The first kappa shape index (κ1) is 16.7. The van der Waals surface area contributed by atoms with Crippen molar-refractivity contribution in [3.8, 4) is 5.75 Å². The van der Waals surface area contributed by atoms with Gasteiger partial charge in [-0.2, -0.15) is 0 Å². The summed E-state index contributed by atoms with van der Waals surface area (Å²) in [5.41, 5.74) is 2.26. The molecule has 1 aliphatic rings. The normalized spacial score (nSPS) is 14.7. The van der Waals surface area contributed by atoms with Crippen molar-refractivity contribution in [1.82, 2.24) is 0 Å². The van der Waals surface area contributed by atoms with Gasteiger partial charge in [0.1, 0.15) is 24.9 Å². The zero-order valence-electron chi connectivity index (χ0n) is 13.9. The maximum absolute atomic E-state index is 5.90. The largest absolute Gasteiger partial charge is 0.490 e. The van der Waals surface area contributed by atoms with E-state index in [1.807, 2.05) is 25.1 Å². The van der Waals surface area contributed by atoms with Crippen LogP contribution in [0.2, 0.25) is 0 Å². The molecule has 0 saturated heterocycles. The highest BCUT2D eigenvalue weighted by molar-refractivity contribution is 5.41. The van der Waals surface area contributed by atoms with Crippen LogP contribution in [0.4, 0.5) is 0 Å². The molecule has 1 aromatic rings. The fourth-order valence-electron chi connectivity index (χ4n) is 2.13. The van der Waals surface area contributed by atoms with Gasteiger partial charge in [-0.05, 0) is 30.4 Å². The summed E-state index contributed by atoms with van der Waals surface area (Å²) in [7, 11) is 0. The summed E-state index contributed by atoms with van der Waals surface area (Å²) in [5, 5.41) is 0. The van der Waals surface area contributed by atoms with Crippen LogP contribution in [0.15, 0.2) is 30.7 Å². The first-order valence-electron chi connectivity index (χ1n) is 7.73. The molecular weight excluding hydrogens is 280 g/mol. The first-order chi connectivity index (χ1) is 10.5. The van der Waals surface area contributed by atoms with E-state index in [2.05, 4.69) is 20.8 Å². The van der Waals surface area contributed by atoms with E-state index in [1.54, 1.807) is 12.5 Å². The van der Waals surface area contributed by atoms with Gasteiger partial charge >= 0.3 is 0 Å². The molecule has 0 radical (unpaired) electrons. The van der Waals surface area contributed by atoms with Crippen LogP contribution in [-0.4, -0.2) is 19.8 Å². The van der Waals surface area contributed by atoms with E-state index >= 15 is 0 Å². The lowest BCUT2D eigenvalue weighted by molar-refractivity contribution is -0.0269. The molecule has 0 aromatic heterocycles. The monoisotopic (exact) mass is 306 g/mol. The third kappa shape index (κ3) is 4.95. The van der Waals surface area contributed by atoms with E-state index in [9.17, 15) is 0 Å². The molecule has 22 heavy (non-hydrogen) atoms. The minimum Gasteiger partial charge on any atom is -0.490 e.